The fourth-order valence-corrected chi connectivity index (χ4v) is 1.62. The molecule has 1 fully saturated rings. The average molecular weight is 195 g/mol. The zero-order valence-electron chi connectivity index (χ0n) is 7.58. The fraction of sp³-hybridized carbons (Fsp3) is 1.00. The third-order valence-electron chi connectivity index (χ3n) is 1.89. The summed E-state index contributed by atoms with van der Waals surface area (Å²) in [4.78, 5) is 0. The number of rotatable bonds is 2. The van der Waals surface area contributed by atoms with Gasteiger partial charge in [0, 0.05) is 0 Å². The van der Waals surface area contributed by atoms with Crippen molar-refractivity contribution in [2.45, 2.75) is 44.9 Å². The molecule has 3 nitrogen and oxygen atoms in total. The molecule has 1 heterocycles. The molecule has 0 bridgehead atoms. The van der Waals surface area contributed by atoms with Gasteiger partial charge in [-0.25, -0.2) is 0 Å². The number of ether oxygens (including phenoxy) is 2. The van der Waals surface area contributed by atoms with Gasteiger partial charge in [-0.05, 0) is 20.8 Å². The highest BCUT2D eigenvalue weighted by Gasteiger charge is 2.41. The molecule has 1 unspecified atom stereocenters. The summed E-state index contributed by atoms with van der Waals surface area (Å²) in [7, 11) is 0. The zero-order valence-corrected chi connectivity index (χ0v) is 8.34. The van der Waals surface area contributed by atoms with Crippen LogP contribution in [0.25, 0.3) is 0 Å². The lowest BCUT2D eigenvalue weighted by atomic mass is 10.1. The molecule has 0 aliphatic carbocycles. The third kappa shape index (κ3) is 2.10. The number of hydrogen-bond donors (Lipinski definition) is 1. The highest BCUT2D eigenvalue weighted by molar-refractivity contribution is 6.18. The van der Waals surface area contributed by atoms with Gasteiger partial charge in [0.15, 0.2) is 5.79 Å². The Kier molecular flexibility index (Phi) is 2.99. The standard InChI is InChI=1S/C8H15ClO3/c1-5-7(6(10)4-9)12-8(2,3)11-5/h5-7,10H,4H2,1-3H3/t5-,6?,7-/m0/s1. The topological polar surface area (TPSA) is 38.7 Å². The maximum atomic E-state index is 9.42. The first-order chi connectivity index (χ1) is 5.46. The van der Waals surface area contributed by atoms with Crippen LogP contribution in [0, 0.1) is 0 Å². The number of alkyl halides is 1. The van der Waals surface area contributed by atoms with Crippen molar-refractivity contribution in [1.29, 1.82) is 0 Å². The van der Waals surface area contributed by atoms with E-state index in [4.69, 9.17) is 21.1 Å². The molecule has 3 atom stereocenters. The lowest BCUT2D eigenvalue weighted by molar-refractivity contribution is -0.153. The smallest absolute Gasteiger partial charge is 0.163 e. The number of aliphatic hydroxyl groups excluding tert-OH is 1. The van der Waals surface area contributed by atoms with E-state index in [0.717, 1.165) is 0 Å². The summed E-state index contributed by atoms with van der Waals surface area (Å²) in [6, 6.07) is 0. The Morgan fingerprint density at radius 1 is 1.50 bits per heavy atom. The molecule has 1 aliphatic heterocycles. The Morgan fingerprint density at radius 2 is 2.08 bits per heavy atom. The van der Waals surface area contributed by atoms with Crippen LogP contribution in [-0.4, -0.2) is 35.1 Å². The van der Waals surface area contributed by atoms with E-state index in [0.29, 0.717) is 0 Å². The Bertz CT molecular complexity index is 160. The van der Waals surface area contributed by atoms with Crippen molar-refractivity contribution in [3.63, 3.8) is 0 Å². The van der Waals surface area contributed by atoms with E-state index in [1.165, 1.54) is 0 Å². The summed E-state index contributed by atoms with van der Waals surface area (Å²) in [5.74, 6) is -0.425. The number of halogens is 1. The molecule has 0 aromatic carbocycles. The van der Waals surface area contributed by atoms with Crippen molar-refractivity contribution in [3.8, 4) is 0 Å². The van der Waals surface area contributed by atoms with Crippen LogP contribution in [0.5, 0.6) is 0 Å². The minimum atomic E-state index is -0.650. The predicted molar refractivity (Wildman–Crippen MR) is 46.2 cm³/mol. The SMILES string of the molecule is C[C@@H]1OC(C)(C)O[C@@H]1C(O)CCl. The van der Waals surface area contributed by atoms with Gasteiger partial charge < -0.3 is 14.6 Å². The molecule has 0 spiro atoms. The van der Waals surface area contributed by atoms with Crippen LogP contribution in [0.1, 0.15) is 20.8 Å². The second-order valence-corrected chi connectivity index (χ2v) is 3.84. The number of aliphatic hydroxyl groups is 1. The molecular weight excluding hydrogens is 180 g/mol. The van der Waals surface area contributed by atoms with Gasteiger partial charge >= 0.3 is 0 Å². The summed E-state index contributed by atoms with van der Waals surface area (Å²) < 4.78 is 10.9. The summed E-state index contributed by atoms with van der Waals surface area (Å²) in [6.45, 7) is 5.52. The van der Waals surface area contributed by atoms with Crippen LogP contribution in [-0.2, 0) is 9.47 Å². The molecular formula is C8H15ClO3. The minimum absolute atomic E-state index is 0.103. The quantitative estimate of drug-likeness (QED) is 0.670. The highest BCUT2D eigenvalue weighted by atomic mass is 35.5. The maximum Gasteiger partial charge on any atom is 0.163 e. The fourth-order valence-electron chi connectivity index (χ4n) is 1.45. The van der Waals surface area contributed by atoms with Crippen molar-refractivity contribution in [1.82, 2.24) is 0 Å². The largest absolute Gasteiger partial charge is 0.389 e. The summed E-state index contributed by atoms with van der Waals surface area (Å²) >= 11 is 5.50. The van der Waals surface area contributed by atoms with Crippen LogP contribution >= 0.6 is 11.6 Å². The summed E-state index contributed by atoms with van der Waals surface area (Å²) in [5.41, 5.74) is 0. The second kappa shape index (κ2) is 3.50. The van der Waals surface area contributed by atoms with E-state index in [1.54, 1.807) is 0 Å². The van der Waals surface area contributed by atoms with Crippen molar-refractivity contribution in [2.75, 3.05) is 5.88 Å². The molecule has 0 radical (unpaired) electrons. The first-order valence-corrected chi connectivity index (χ1v) is 4.59. The van der Waals surface area contributed by atoms with Crippen LogP contribution in [0.3, 0.4) is 0 Å². The van der Waals surface area contributed by atoms with Crippen LogP contribution in [0.4, 0.5) is 0 Å². The van der Waals surface area contributed by atoms with E-state index in [9.17, 15) is 5.11 Å². The minimum Gasteiger partial charge on any atom is -0.389 e. The van der Waals surface area contributed by atoms with Crippen molar-refractivity contribution in [3.05, 3.63) is 0 Å². The third-order valence-corrected chi connectivity index (χ3v) is 2.21. The van der Waals surface area contributed by atoms with E-state index < -0.39 is 11.9 Å². The van der Waals surface area contributed by atoms with Gasteiger partial charge in [-0.15, -0.1) is 11.6 Å². The van der Waals surface area contributed by atoms with Gasteiger partial charge in [-0.1, -0.05) is 0 Å². The second-order valence-electron chi connectivity index (χ2n) is 3.53. The monoisotopic (exact) mass is 194 g/mol. The molecule has 0 aromatic rings. The van der Waals surface area contributed by atoms with E-state index >= 15 is 0 Å². The Hall–Kier alpha value is 0.170. The predicted octanol–water partition coefficient (Wildman–Crippen LogP) is 1.13. The van der Waals surface area contributed by atoms with Crippen LogP contribution in [0.15, 0.2) is 0 Å². The molecule has 1 aliphatic rings. The Morgan fingerprint density at radius 3 is 2.42 bits per heavy atom. The van der Waals surface area contributed by atoms with E-state index in [1.807, 2.05) is 20.8 Å². The molecule has 1 saturated heterocycles. The molecule has 1 N–H and O–H groups in total. The van der Waals surface area contributed by atoms with Gasteiger partial charge in [-0.2, -0.15) is 0 Å². The maximum absolute atomic E-state index is 9.42. The molecule has 12 heavy (non-hydrogen) atoms. The lowest BCUT2D eigenvalue weighted by Crippen LogP contribution is -2.35. The molecule has 0 aromatic heterocycles. The Labute approximate surface area is 77.6 Å². The summed E-state index contributed by atoms with van der Waals surface area (Å²) in [6.07, 6.45) is -1.06. The van der Waals surface area contributed by atoms with Crippen LogP contribution < -0.4 is 0 Å². The number of hydrogen-bond acceptors (Lipinski definition) is 3. The molecule has 0 amide bonds. The van der Waals surface area contributed by atoms with Gasteiger partial charge in [0.2, 0.25) is 0 Å². The van der Waals surface area contributed by atoms with Gasteiger partial charge in [0.25, 0.3) is 0 Å². The summed E-state index contributed by atoms with van der Waals surface area (Å²) in [5, 5.41) is 9.42. The lowest BCUT2D eigenvalue weighted by Gasteiger charge is -2.19. The average Bonchev–Trinajstić information content (AvgIpc) is 2.23. The van der Waals surface area contributed by atoms with Crippen molar-refractivity contribution >= 4 is 11.6 Å². The van der Waals surface area contributed by atoms with Gasteiger partial charge in [0.1, 0.15) is 6.10 Å². The molecule has 72 valence electrons. The van der Waals surface area contributed by atoms with E-state index in [-0.39, 0.29) is 18.1 Å². The zero-order chi connectivity index (χ0) is 9.35. The van der Waals surface area contributed by atoms with Gasteiger partial charge in [-0.3, -0.25) is 0 Å². The molecule has 0 saturated carbocycles. The first-order valence-electron chi connectivity index (χ1n) is 4.06. The molecule has 4 heteroatoms. The van der Waals surface area contributed by atoms with Crippen molar-refractivity contribution < 1.29 is 14.6 Å². The Balaban J connectivity index is 2.57. The molecule has 1 rings (SSSR count). The first kappa shape index (κ1) is 10.3. The van der Waals surface area contributed by atoms with E-state index in [2.05, 4.69) is 0 Å². The van der Waals surface area contributed by atoms with Crippen LogP contribution in [0.2, 0.25) is 0 Å². The van der Waals surface area contributed by atoms with Gasteiger partial charge in [0.05, 0.1) is 18.1 Å². The highest BCUT2D eigenvalue weighted by Crippen LogP contribution is 2.29. The van der Waals surface area contributed by atoms with Crippen molar-refractivity contribution in [2.24, 2.45) is 0 Å². The normalized spacial score (nSPS) is 36.8.